The zero-order chi connectivity index (χ0) is 33.2. The fourth-order valence-electron chi connectivity index (χ4n) is 4.56. The van der Waals surface area contributed by atoms with Crippen LogP contribution in [0.5, 0.6) is 23.0 Å². The number of hydrazone groups is 1. The normalized spacial score (nSPS) is 15.1. The molecule has 12 nitrogen and oxygen atoms in total. The van der Waals surface area contributed by atoms with Crippen LogP contribution in [0.2, 0.25) is 5.02 Å². The van der Waals surface area contributed by atoms with Crippen LogP contribution in [0.1, 0.15) is 36.6 Å². The Morgan fingerprint density at radius 2 is 1.91 bits per heavy atom. The number of amides is 2. The molecule has 0 spiro atoms. The van der Waals surface area contributed by atoms with Crippen molar-refractivity contribution < 1.29 is 42.8 Å². The molecule has 4 rings (SSSR count). The first-order valence-corrected chi connectivity index (χ1v) is 14.5. The number of nitrogens with one attached hydrogen (secondary N) is 3. The lowest BCUT2D eigenvalue weighted by Crippen LogP contribution is -2.45. The van der Waals surface area contributed by atoms with Gasteiger partial charge in [-0.3, -0.25) is 5.43 Å². The van der Waals surface area contributed by atoms with Gasteiger partial charge >= 0.3 is 12.0 Å². The van der Waals surface area contributed by atoms with Crippen molar-refractivity contribution in [3.8, 4) is 23.0 Å². The van der Waals surface area contributed by atoms with Gasteiger partial charge in [-0.1, -0.05) is 29.8 Å². The fraction of sp³-hybridized carbons (Fsp3) is 0.281. The minimum absolute atomic E-state index is 0.0859. The van der Waals surface area contributed by atoms with E-state index in [1.165, 1.54) is 32.6 Å². The van der Waals surface area contributed by atoms with E-state index >= 15 is 0 Å². The van der Waals surface area contributed by atoms with Crippen molar-refractivity contribution in [3.63, 3.8) is 0 Å². The number of carbonyl (C=O) groups is 2. The second-order valence-corrected chi connectivity index (χ2v) is 10.3. The van der Waals surface area contributed by atoms with Gasteiger partial charge in [0.1, 0.15) is 19.0 Å². The quantitative estimate of drug-likeness (QED) is 0.0846. The summed E-state index contributed by atoms with van der Waals surface area (Å²) in [5.41, 5.74) is 4.94. The summed E-state index contributed by atoms with van der Waals surface area (Å²) in [5, 5.41) is 20.1. The van der Waals surface area contributed by atoms with Gasteiger partial charge in [-0.05, 0) is 66.9 Å². The first kappa shape index (κ1) is 33.9. The Morgan fingerprint density at radius 1 is 1.11 bits per heavy atom. The number of aliphatic hydroxyl groups excluding tert-OH is 1. The Balaban J connectivity index is 1.39. The molecule has 0 saturated carbocycles. The maximum Gasteiger partial charge on any atom is 0.337 e. The van der Waals surface area contributed by atoms with Gasteiger partial charge in [0.05, 0.1) is 43.7 Å². The molecule has 3 aromatic carbocycles. The zero-order valence-electron chi connectivity index (χ0n) is 25.6. The van der Waals surface area contributed by atoms with E-state index in [-0.39, 0.29) is 29.6 Å². The maximum atomic E-state index is 13.5. The third-order valence-corrected chi connectivity index (χ3v) is 6.91. The Hall–Kier alpha value is -5.01. The molecule has 2 amide bonds. The fourth-order valence-corrected chi connectivity index (χ4v) is 4.83. The van der Waals surface area contributed by atoms with Crippen molar-refractivity contribution in [2.45, 2.75) is 32.7 Å². The number of ether oxygens (including phenoxy) is 5. The van der Waals surface area contributed by atoms with Gasteiger partial charge in [-0.2, -0.15) is 5.10 Å². The van der Waals surface area contributed by atoms with E-state index in [1.54, 1.807) is 56.3 Å². The predicted molar refractivity (Wildman–Crippen MR) is 168 cm³/mol. The number of carbonyl (C=O) groups excluding carboxylic acids is 2. The lowest BCUT2D eigenvalue weighted by Gasteiger charge is -2.28. The number of hydrogen-bond acceptors (Lipinski definition) is 10. The maximum absolute atomic E-state index is 13.5. The van der Waals surface area contributed by atoms with Crippen molar-refractivity contribution >= 4 is 29.8 Å². The number of urea groups is 1. The van der Waals surface area contributed by atoms with Gasteiger partial charge in [0.15, 0.2) is 29.2 Å². The van der Waals surface area contributed by atoms with Crippen LogP contribution in [-0.4, -0.2) is 57.0 Å². The van der Waals surface area contributed by atoms with E-state index in [2.05, 4.69) is 21.2 Å². The largest absolute Gasteiger partial charge is 0.493 e. The SMILES string of the molecule is CCOc1cc([C@H]2NC(=O)NC(C)=C2C(=O)OC)ccc1OC[C@@H](O)N/N=C\c1cc(Cl)c(OCc2cccc(F)c2)c(OC)c1. The van der Waals surface area contributed by atoms with Crippen LogP contribution in [0, 0.1) is 5.82 Å². The van der Waals surface area contributed by atoms with Gasteiger partial charge in [-0.15, -0.1) is 0 Å². The molecule has 0 unspecified atom stereocenters. The highest BCUT2D eigenvalue weighted by Crippen LogP contribution is 2.37. The molecule has 4 N–H and O–H groups in total. The van der Waals surface area contributed by atoms with E-state index in [1.807, 2.05) is 0 Å². The summed E-state index contributed by atoms with van der Waals surface area (Å²) >= 11 is 6.42. The third-order valence-electron chi connectivity index (χ3n) is 6.63. The Bertz CT molecular complexity index is 1630. The van der Waals surface area contributed by atoms with Crippen LogP contribution in [0.25, 0.3) is 0 Å². The highest BCUT2D eigenvalue weighted by Gasteiger charge is 2.32. The van der Waals surface area contributed by atoms with E-state index in [4.69, 9.17) is 35.3 Å². The number of esters is 1. The second kappa shape index (κ2) is 15.8. The number of rotatable bonds is 14. The lowest BCUT2D eigenvalue weighted by molar-refractivity contribution is -0.136. The van der Waals surface area contributed by atoms with Gasteiger partial charge in [-0.25, -0.2) is 14.0 Å². The van der Waals surface area contributed by atoms with Crippen molar-refractivity contribution in [1.29, 1.82) is 0 Å². The second-order valence-electron chi connectivity index (χ2n) is 9.87. The number of methoxy groups -OCH3 is 2. The summed E-state index contributed by atoms with van der Waals surface area (Å²) in [6, 6.07) is 13.0. The number of halogens is 2. The summed E-state index contributed by atoms with van der Waals surface area (Å²) in [7, 11) is 2.72. The third kappa shape index (κ3) is 8.58. The topological polar surface area (TPSA) is 149 Å². The first-order valence-electron chi connectivity index (χ1n) is 14.1. The number of benzene rings is 3. The van der Waals surface area contributed by atoms with Crippen LogP contribution in [-0.2, 0) is 16.1 Å². The molecule has 0 fully saturated rings. The minimum atomic E-state index is -1.21. The molecule has 0 radical (unpaired) electrons. The van der Waals surface area contributed by atoms with Crippen LogP contribution in [0.4, 0.5) is 9.18 Å². The van der Waals surface area contributed by atoms with E-state index in [0.717, 1.165) is 0 Å². The first-order chi connectivity index (χ1) is 22.1. The molecule has 0 aromatic heterocycles. The molecule has 14 heteroatoms. The molecule has 1 aliphatic rings. The number of allylic oxidation sites excluding steroid dienone is 1. The van der Waals surface area contributed by atoms with Gasteiger partial charge in [0.2, 0.25) is 0 Å². The van der Waals surface area contributed by atoms with Crippen molar-refractivity contribution in [1.82, 2.24) is 16.1 Å². The highest BCUT2D eigenvalue weighted by molar-refractivity contribution is 6.32. The smallest absolute Gasteiger partial charge is 0.337 e. The average Bonchev–Trinajstić information content (AvgIpc) is 3.03. The molecule has 1 heterocycles. The molecule has 244 valence electrons. The van der Waals surface area contributed by atoms with Crippen molar-refractivity contribution in [2.24, 2.45) is 5.10 Å². The molecule has 0 aliphatic carbocycles. The van der Waals surface area contributed by atoms with Crippen molar-refractivity contribution in [3.05, 3.63) is 93.4 Å². The standard InChI is InChI=1S/C32H34ClFN4O8/c1-5-44-25-14-21(29-28(31(40)43-4)18(2)36-32(41)37-29)9-10-24(25)45-17-27(39)38-35-15-20-12-23(33)30(26(13-20)42-3)46-16-19-7-6-8-22(34)11-19/h6-15,27,29,38-39H,5,16-17H2,1-4H3,(H2,36,37,41)/b35-15-/t27-,29-/m1/s1. The summed E-state index contributed by atoms with van der Waals surface area (Å²) in [6.45, 7) is 3.60. The predicted octanol–water partition coefficient (Wildman–Crippen LogP) is 4.59. The molecule has 0 saturated heterocycles. The Morgan fingerprint density at radius 3 is 2.63 bits per heavy atom. The van der Waals surface area contributed by atoms with Gasteiger partial charge in [0.25, 0.3) is 0 Å². The van der Waals surface area contributed by atoms with Crippen LogP contribution in [0.3, 0.4) is 0 Å². The number of nitrogens with zero attached hydrogens (tertiary/aromatic N) is 1. The molecular weight excluding hydrogens is 623 g/mol. The summed E-state index contributed by atoms with van der Waals surface area (Å²) in [6.07, 6.45) is 0.215. The molecule has 1 aliphatic heterocycles. The van der Waals surface area contributed by atoms with Crippen LogP contribution >= 0.6 is 11.6 Å². The molecular formula is C32H34ClFN4O8. The molecule has 3 aromatic rings. The van der Waals surface area contributed by atoms with E-state index in [0.29, 0.717) is 52.0 Å². The van der Waals surface area contributed by atoms with Crippen LogP contribution in [0.15, 0.2) is 71.0 Å². The number of aliphatic hydroxyl groups is 1. The average molecular weight is 657 g/mol. The van der Waals surface area contributed by atoms with Gasteiger partial charge in [0, 0.05) is 5.70 Å². The summed E-state index contributed by atoms with van der Waals surface area (Å²) < 4.78 is 41.1. The van der Waals surface area contributed by atoms with E-state index < -0.39 is 24.3 Å². The summed E-state index contributed by atoms with van der Waals surface area (Å²) in [5.74, 6) is 0.334. The summed E-state index contributed by atoms with van der Waals surface area (Å²) in [4.78, 5) is 24.6. The zero-order valence-corrected chi connectivity index (χ0v) is 26.3. The van der Waals surface area contributed by atoms with Gasteiger partial charge < -0.3 is 39.4 Å². The number of hydrogen-bond donors (Lipinski definition) is 4. The lowest BCUT2D eigenvalue weighted by atomic mass is 9.95. The van der Waals surface area contributed by atoms with E-state index in [9.17, 15) is 19.1 Å². The monoisotopic (exact) mass is 656 g/mol. The Kier molecular flexibility index (Phi) is 11.7. The van der Waals surface area contributed by atoms with Crippen molar-refractivity contribution in [2.75, 3.05) is 27.4 Å². The molecule has 46 heavy (non-hydrogen) atoms. The minimum Gasteiger partial charge on any atom is -0.493 e. The molecule has 2 atom stereocenters. The van der Waals surface area contributed by atoms with Crippen LogP contribution < -0.4 is 35.0 Å². The molecule has 0 bridgehead atoms. The Labute approximate surface area is 270 Å². The highest BCUT2D eigenvalue weighted by atomic mass is 35.5.